The van der Waals surface area contributed by atoms with Gasteiger partial charge in [-0.1, -0.05) is 24.7 Å². The number of ether oxygens (including phenoxy) is 1. The Morgan fingerprint density at radius 2 is 2.33 bits per heavy atom. The minimum atomic E-state index is 0.103. The number of hydrogen-bond donors (Lipinski definition) is 1. The van der Waals surface area contributed by atoms with E-state index in [0.29, 0.717) is 19.7 Å². The topological polar surface area (TPSA) is 55.6 Å². The summed E-state index contributed by atoms with van der Waals surface area (Å²) in [7, 11) is 0. The summed E-state index contributed by atoms with van der Waals surface area (Å²) in [5, 5.41) is 1.92. The summed E-state index contributed by atoms with van der Waals surface area (Å²) in [6.45, 7) is 1.63. The molecule has 1 amide bonds. The SMILES string of the molecule is NCC#Cc1ccsc1C(=O)N1CCOC2CCCCC21. The molecule has 1 saturated heterocycles. The molecule has 0 spiro atoms. The molecule has 21 heavy (non-hydrogen) atoms. The van der Waals surface area contributed by atoms with Crippen molar-refractivity contribution in [2.45, 2.75) is 37.8 Å². The standard InChI is InChI=1S/C16H20N2O2S/c17-8-3-4-12-7-11-21-15(12)16(19)18-9-10-20-14-6-2-1-5-13(14)18/h7,11,13-14H,1-2,5-6,8-10,17H2. The second kappa shape index (κ2) is 6.61. The number of hydrogen-bond acceptors (Lipinski definition) is 4. The van der Waals surface area contributed by atoms with Gasteiger partial charge in [-0.15, -0.1) is 11.3 Å². The lowest BCUT2D eigenvalue weighted by Crippen LogP contribution is -2.54. The molecule has 2 N–H and O–H groups in total. The fraction of sp³-hybridized carbons (Fsp3) is 0.562. The number of nitrogens with two attached hydrogens (primary N) is 1. The maximum Gasteiger partial charge on any atom is 0.265 e. The summed E-state index contributed by atoms with van der Waals surface area (Å²) in [6.07, 6.45) is 4.72. The molecule has 1 aliphatic heterocycles. The second-order valence-electron chi connectivity index (χ2n) is 5.43. The fourth-order valence-corrected chi connectivity index (χ4v) is 4.00. The number of carbonyl (C=O) groups is 1. The van der Waals surface area contributed by atoms with Crippen LogP contribution in [0.2, 0.25) is 0 Å². The van der Waals surface area contributed by atoms with Crippen molar-refractivity contribution in [3.05, 3.63) is 21.9 Å². The smallest absolute Gasteiger partial charge is 0.265 e. The summed E-state index contributed by atoms with van der Waals surface area (Å²) in [5.41, 5.74) is 6.22. The molecular formula is C16H20N2O2S. The van der Waals surface area contributed by atoms with Crippen LogP contribution in [0, 0.1) is 11.8 Å². The highest BCUT2D eigenvalue weighted by Crippen LogP contribution is 2.30. The molecule has 2 heterocycles. The monoisotopic (exact) mass is 304 g/mol. The number of amides is 1. The van der Waals surface area contributed by atoms with E-state index in [9.17, 15) is 4.79 Å². The lowest BCUT2D eigenvalue weighted by Gasteiger charge is -2.43. The van der Waals surface area contributed by atoms with Crippen LogP contribution >= 0.6 is 11.3 Å². The quantitative estimate of drug-likeness (QED) is 0.806. The van der Waals surface area contributed by atoms with Gasteiger partial charge in [0, 0.05) is 12.1 Å². The van der Waals surface area contributed by atoms with E-state index in [0.717, 1.165) is 23.3 Å². The lowest BCUT2D eigenvalue weighted by molar-refractivity contribution is -0.0751. The summed E-state index contributed by atoms with van der Waals surface area (Å²) in [5.74, 6) is 5.94. The normalized spacial score (nSPS) is 24.9. The Balaban J connectivity index is 1.82. The first kappa shape index (κ1) is 14.6. The highest BCUT2D eigenvalue weighted by Gasteiger charge is 2.37. The molecule has 2 atom stereocenters. The Morgan fingerprint density at radius 3 is 3.19 bits per heavy atom. The van der Waals surface area contributed by atoms with E-state index < -0.39 is 0 Å². The van der Waals surface area contributed by atoms with Crippen LogP contribution in [0.3, 0.4) is 0 Å². The first-order valence-electron chi connectivity index (χ1n) is 7.50. The molecule has 3 rings (SSSR count). The van der Waals surface area contributed by atoms with Gasteiger partial charge >= 0.3 is 0 Å². The molecule has 1 aromatic rings. The maximum absolute atomic E-state index is 12.9. The molecule has 4 nitrogen and oxygen atoms in total. The van der Waals surface area contributed by atoms with Gasteiger partial charge in [0.15, 0.2) is 0 Å². The van der Waals surface area contributed by atoms with Crippen molar-refractivity contribution in [1.82, 2.24) is 4.90 Å². The van der Waals surface area contributed by atoms with E-state index in [2.05, 4.69) is 11.8 Å². The van der Waals surface area contributed by atoms with Gasteiger partial charge in [-0.05, 0) is 24.3 Å². The highest BCUT2D eigenvalue weighted by atomic mass is 32.1. The summed E-state index contributed by atoms with van der Waals surface area (Å²) in [4.78, 5) is 15.6. The molecule has 1 aliphatic carbocycles. The van der Waals surface area contributed by atoms with Crippen molar-refractivity contribution in [1.29, 1.82) is 0 Å². The van der Waals surface area contributed by atoms with E-state index in [1.54, 1.807) is 0 Å². The molecule has 2 unspecified atom stereocenters. The average molecular weight is 304 g/mol. The van der Waals surface area contributed by atoms with Gasteiger partial charge in [0.1, 0.15) is 4.88 Å². The van der Waals surface area contributed by atoms with Crippen LogP contribution in [-0.4, -0.2) is 42.6 Å². The van der Waals surface area contributed by atoms with Crippen LogP contribution in [-0.2, 0) is 4.74 Å². The average Bonchev–Trinajstić information content (AvgIpc) is 3.00. The minimum Gasteiger partial charge on any atom is -0.374 e. The van der Waals surface area contributed by atoms with Crippen molar-refractivity contribution in [2.75, 3.05) is 19.7 Å². The van der Waals surface area contributed by atoms with Crippen molar-refractivity contribution >= 4 is 17.2 Å². The molecule has 2 aliphatic rings. The van der Waals surface area contributed by atoms with Gasteiger partial charge in [-0.25, -0.2) is 0 Å². The van der Waals surface area contributed by atoms with Crippen molar-refractivity contribution < 1.29 is 9.53 Å². The van der Waals surface area contributed by atoms with Crippen molar-refractivity contribution in [2.24, 2.45) is 5.73 Å². The largest absolute Gasteiger partial charge is 0.374 e. The molecule has 1 aromatic heterocycles. The number of rotatable bonds is 1. The molecule has 5 heteroatoms. The van der Waals surface area contributed by atoms with Crippen LogP contribution in [0.1, 0.15) is 40.9 Å². The zero-order chi connectivity index (χ0) is 14.7. The van der Waals surface area contributed by atoms with Gasteiger partial charge in [0.2, 0.25) is 0 Å². The Bertz CT molecular complexity index is 570. The minimum absolute atomic E-state index is 0.103. The van der Waals surface area contributed by atoms with E-state index in [1.165, 1.54) is 24.2 Å². The molecule has 2 fully saturated rings. The van der Waals surface area contributed by atoms with Crippen molar-refractivity contribution in [3.63, 3.8) is 0 Å². The first-order valence-corrected chi connectivity index (χ1v) is 8.38. The third kappa shape index (κ3) is 2.98. The summed E-state index contributed by atoms with van der Waals surface area (Å²) in [6, 6.07) is 2.14. The van der Waals surface area contributed by atoms with Crippen LogP contribution in [0.25, 0.3) is 0 Å². The second-order valence-corrected chi connectivity index (χ2v) is 6.35. The predicted octanol–water partition coefficient (Wildman–Crippen LogP) is 1.84. The number of thiophene rings is 1. The van der Waals surface area contributed by atoms with E-state index in [-0.39, 0.29) is 18.1 Å². The van der Waals surface area contributed by atoms with E-state index in [1.807, 2.05) is 16.3 Å². The molecule has 112 valence electrons. The molecule has 0 bridgehead atoms. The summed E-state index contributed by atoms with van der Waals surface area (Å²) >= 11 is 1.47. The lowest BCUT2D eigenvalue weighted by atomic mass is 9.90. The van der Waals surface area contributed by atoms with Gasteiger partial charge < -0.3 is 15.4 Å². The zero-order valence-corrected chi connectivity index (χ0v) is 12.8. The van der Waals surface area contributed by atoms with Gasteiger partial charge in [-0.2, -0.15) is 0 Å². The Labute approximate surface area is 129 Å². The molecule has 1 saturated carbocycles. The predicted molar refractivity (Wildman–Crippen MR) is 83.3 cm³/mol. The molecular weight excluding hydrogens is 284 g/mol. The number of fused-ring (bicyclic) bond motifs is 1. The third-order valence-corrected chi connectivity index (χ3v) is 5.08. The Kier molecular flexibility index (Phi) is 4.59. The first-order chi connectivity index (χ1) is 10.3. The van der Waals surface area contributed by atoms with Gasteiger partial charge in [-0.3, -0.25) is 4.79 Å². The molecule has 0 aromatic carbocycles. The number of morpholine rings is 1. The fourth-order valence-electron chi connectivity index (χ4n) is 3.20. The van der Waals surface area contributed by atoms with E-state index >= 15 is 0 Å². The number of nitrogens with zero attached hydrogens (tertiary/aromatic N) is 1. The van der Waals surface area contributed by atoms with Crippen LogP contribution in [0.4, 0.5) is 0 Å². The van der Waals surface area contributed by atoms with Gasteiger partial charge in [0.25, 0.3) is 5.91 Å². The van der Waals surface area contributed by atoms with E-state index in [4.69, 9.17) is 10.5 Å². The number of carbonyl (C=O) groups excluding carboxylic acids is 1. The van der Waals surface area contributed by atoms with Crippen LogP contribution in [0.15, 0.2) is 11.4 Å². The van der Waals surface area contributed by atoms with Crippen LogP contribution < -0.4 is 5.73 Å². The highest BCUT2D eigenvalue weighted by molar-refractivity contribution is 7.12. The van der Waals surface area contributed by atoms with Gasteiger partial charge in [0.05, 0.1) is 25.3 Å². The molecule has 0 radical (unpaired) electrons. The summed E-state index contributed by atoms with van der Waals surface area (Å²) < 4.78 is 5.84. The zero-order valence-electron chi connectivity index (χ0n) is 12.0. The Hall–Kier alpha value is -1.35. The maximum atomic E-state index is 12.9. The van der Waals surface area contributed by atoms with Crippen LogP contribution in [0.5, 0.6) is 0 Å². The van der Waals surface area contributed by atoms with Crippen molar-refractivity contribution in [3.8, 4) is 11.8 Å². The third-order valence-electron chi connectivity index (χ3n) is 4.18. The Morgan fingerprint density at radius 1 is 1.48 bits per heavy atom.